The van der Waals surface area contributed by atoms with Crippen LogP contribution in [0, 0.1) is 0 Å². The number of carbonyl (C=O) groups is 2. The monoisotopic (exact) mass is 247 g/mol. The van der Waals surface area contributed by atoms with Crippen molar-refractivity contribution >= 4 is 12.0 Å². The van der Waals surface area contributed by atoms with E-state index in [1.165, 1.54) is 18.9 Å². The number of carbonyl (C=O) groups excluding carboxylic acids is 2. The normalized spacial score (nSPS) is 13.7. The van der Waals surface area contributed by atoms with Crippen LogP contribution >= 0.6 is 0 Å². The Balaban J connectivity index is 3.71. The van der Waals surface area contributed by atoms with E-state index in [-0.39, 0.29) is 12.6 Å². The van der Waals surface area contributed by atoms with Gasteiger partial charge in [-0.05, 0) is 6.92 Å². The van der Waals surface area contributed by atoms with E-state index in [4.69, 9.17) is 0 Å². The number of rotatable bonds is 6. The first-order chi connectivity index (χ1) is 7.81. The van der Waals surface area contributed by atoms with E-state index < -0.39 is 11.6 Å². The maximum atomic E-state index is 11.1. The molecule has 0 heterocycles. The molecule has 1 unspecified atom stereocenters. The summed E-state index contributed by atoms with van der Waals surface area (Å²) < 4.78 is 4.44. The van der Waals surface area contributed by atoms with Crippen molar-refractivity contribution in [2.75, 3.05) is 40.8 Å². The molecule has 7 nitrogen and oxygen atoms in total. The molecule has 0 aromatic carbocycles. The predicted octanol–water partition coefficient (Wildman–Crippen LogP) is -1.23. The zero-order valence-electron chi connectivity index (χ0n) is 10.7. The quantitative estimate of drug-likeness (QED) is 0.404. The van der Waals surface area contributed by atoms with E-state index in [1.807, 2.05) is 0 Å². The Kier molecular flexibility index (Phi) is 6.52. The van der Waals surface area contributed by atoms with E-state index in [0.717, 1.165) is 0 Å². The van der Waals surface area contributed by atoms with Gasteiger partial charge in [0.25, 0.3) is 0 Å². The summed E-state index contributed by atoms with van der Waals surface area (Å²) in [5, 5.41) is 15.1. The molecule has 0 saturated heterocycles. The van der Waals surface area contributed by atoms with Gasteiger partial charge >= 0.3 is 12.0 Å². The number of ether oxygens (including phenoxy) is 1. The number of methoxy groups -OCH3 is 1. The molecule has 0 fully saturated rings. The number of nitrogens with zero attached hydrogens (tertiary/aromatic N) is 1. The molecule has 0 rings (SSSR count). The second-order valence-electron chi connectivity index (χ2n) is 4.07. The van der Waals surface area contributed by atoms with Crippen LogP contribution < -0.4 is 10.6 Å². The van der Waals surface area contributed by atoms with E-state index in [2.05, 4.69) is 15.4 Å². The minimum absolute atomic E-state index is 0.0670. The first-order valence-electron chi connectivity index (χ1n) is 5.28. The third-order valence-electron chi connectivity index (χ3n) is 2.08. The van der Waals surface area contributed by atoms with Crippen molar-refractivity contribution in [3.05, 3.63) is 0 Å². The number of esters is 1. The average molecular weight is 247 g/mol. The minimum atomic E-state index is -1.56. The molecule has 0 radical (unpaired) electrons. The molecule has 0 aliphatic carbocycles. The van der Waals surface area contributed by atoms with Gasteiger partial charge in [0.15, 0.2) is 5.60 Å². The molecule has 100 valence electrons. The first-order valence-corrected chi connectivity index (χ1v) is 5.28. The van der Waals surface area contributed by atoms with Crippen molar-refractivity contribution in [1.29, 1.82) is 0 Å². The van der Waals surface area contributed by atoms with Gasteiger partial charge in [0.05, 0.1) is 7.11 Å². The minimum Gasteiger partial charge on any atom is -0.467 e. The van der Waals surface area contributed by atoms with Gasteiger partial charge < -0.3 is 25.4 Å². The Morgan fingerprint density at radius 1 is 1.35 bits per heavy atom. The molecular weight excluding hydrogens is 226 g/mol. The highest BCUT2D eigenvalue weighted by Gasteiger charge is 2.30. The average Bonchev–Trinajstić information content (AvgIpc) is 2.26. The highest BCUT2D eigenvalue weighted by Crippen LogP contribution is 2.02. The first kappa shape index (κ1) is 15.7. The summed E-state index contributed by atoms with van der Waals surface area (Å²) in [5.41, 5.74) is -1.56. The number of urea groups is 1. The van der Waals surface area contributed by atoms with Crippen LogP contribution in [0.1, 0.15) is 6.92 Å². The molecule has 0 aromatic heterocycles. The zero-order valence-corrected chi connectivity index (χ0v) is 10.7. The van der Waals surface area contributed by atoms with Crippen LogP contribution in [-0.4, -0.2) is 68.4 Å². The van der Waals surface area contributed by atoms with Crippen molar-refractivity contribution in [3.63, 3.8) is 0 Å². The summed E-state index contributed by atoms with van der Waals surface area (Å²) in [4.78, 5) is 23.6. The van der Waals surface area contributed by atoms with Crippen molar-refractivity contribution < 1.29 is 19.4 Å². The summed E-state index contributed by atoms with van der Waals surface area (Å²) in [6, 6.07) is -0.188. The van der Waals surface area contributed by atoms with E-state index in [0.29, 0.717) is 13.1 Å². The lowest BCUT2D eigenvalue weighted by molar-refractivity contribution is -0.159. The number of hydrogen-bond acceptors (Lipinski definition) is 5. The highest BCUT2D eigenvalue weighted by atomic mass is 16.5. The van der Waals surface area contributed by atoms with Crippen LogP contribution in [0.25, 0.3) is 0 Å². The highest BCUT2D eigenvalue weighted by molar-refractivity contribution is 5.78. The van der Waals surface area contributed by atoms with Gasteiger partial charge in [-0.25, -0.2) is 9.59 Å². The van der Waals surface area contributed by atoms with Crippen LogP contribution in [-0.2, 0) is 9.53 Å². The third kappa shape index (κ3) is 6.08. The molecule has 3 N–H and O–H groups in total. The SMILES string of the molecule is COC(=O)C(C)(O)CNCCNC(=O)N(C)C. The van der Waals surface area contributed by atoms with E-state index in [9.17, 15) is 14.7 Å². The molecule has 2 amide bonds. The molecule has 0 aliphatic heterocycles. The number of amides is 2. The molecule has 0 aliphatic rings. The Morgan fingerprint density at radius 3 is 2.41 bits per heavy atom. The second kappa shape index (κ2) is 7.08. The molecule has 0 aromatic rings. The van der Waals surface area contributed by atoms with Crippen LogP contribution in [0.15, 0.2) is 0 Å². The summed E-state index contributed by atoms with van der Waals surface area (Å²) >= 11 is 0. The summed E-state index contributed by atoms with van der Waals surface area (Å²) in [7, 11) is 4.50. The fourth-order valence-electron chi connectivity index (χ4n) is 1.04. The Morgan fingerprint density at radius 2 is 1.94 bits per heavy atom. The van der Waals surface area contributed by atoms with E-state index >= 15 is 0 Å². The van der Waals surface area contributed by atoms with Crippen molar-refractivity contribution in [2.45, 2.75) is 12.5 Å². The molecule has 0 bridgehead atoms. The van der Waals surface area contributed by atoms with Crippen molar-refractivity contribution in [2.24, 2.45) is 0 Å². The van der Waals surface area contributed by atoms with Gasteiger partial charge in [0.1, 0.15) is 0 Å². The van der Waals surface area contributed by atoms with Crippen LogP contribution in [0.5, 0.6) is 0 Å². The summed E-state index contributed by atoms with van der Waals surface area (Å²) in [6.07, 6.45) is 0. The molecule has 0 saturated carbocycles. The zero-order chi connectivity index (χ0) is 13.5. The molecule has 0 spiro atoms. The van der Waals surface area contributed by atoms with Crippen molar-refractivity contribution in [3.8, 4) is 0 Å². The lowest BCUT2D eigenvalue weighted by Gasteiger charge is -2.20. The van der Waals surface area contributed by atoms with Crippen LogP contribution in [0.2, 0.25) is 0 Å². The number of nitrogens with one attached hydrogen (secondary N) is 2. The van der Waals surface area contributed by atoms with Gasteiger partial charge in [-0.15, -0.1) is 0 Å². The van der Waals surface area contributed by atoms with Gasteiger partial charge in [-0.2, -0.15) is 0 Å². The largest absolute Gasteiger partial charge is 0.467 e. The Labute approximate surface area is 101 Å². The third-order valence-corrected chi connectivity index (χ3v) is 2.08. The molecule has 7 heteroatoms. The lowest BCUT2D eigenvalue weighted by Crippen LogP contribution is -2.47. The van der Waals surface area contributed by atoms with Crippen molar-refractivity contribution in [1.82, 2.24) is 15.5 Å². The maximum Gasteiger partial charge on any atom is 0.338 e. The van der Waals surface area contributed by atoms with Gasteiger partial charge in [0, 0.05) is 33.7 Å². The summed E-state index contributed by atoms with van der Waals surface area (Å²) in [5.74, 6) is -0.692. The van der Waals surface area contributed by atoms with Gasteiger partial charge in [0.2, 0.25) is 0 Å². The number of aliphatic hydroxyl groups is 1. The molecule has 17 heavy (non-hydrogen) atoms. The van der Waals surface area contributed by atoms with Crippen LogP contribution in [0.4, 0.5) is 4.79 Å². The van der Waals surface area contributed by atoms with Gasteiger partial charge in [-0.3, -0.25) is 0 Å². The Hall–Kier alpha value is -1.34. The molecular formula is C10H21N3O4. The Bertz CT molecular complexity index is 266. The lowest BCUT2D eigenvalue weighted by atomic mass is 10.1. The van der Waals surface area contributed by atoms with E-state index in [1.54, 1.807) is 14.1 Å². The molecule has 1 atom stereocenters. The fourth-order valence-corrected chi connectivity index (χ4v) is 1.04. The standard InChI is InChI=1S/C10H21N3O4/c1-10(16,8(14)17-4)7-11-5-6-12-9(15)13(2)3/h11,16H,5-7H2,1-4H3,(H,12,15). The predicted molar refractivity (Wildman–Crippen MR) is 62.6 cm³/mol. The number of hydrogen-bond donors (Lipinski definition) is 3. The maximum absolute atomic E-state index is 11.1. The topological polar surface area (TPSA) is 90.9 Å². The fraction of sp³-hybridized carbons (Fsp3) is 0.800. The summed E-state index contributed by atoms with van der Waals surface area (Å²) in [6.45, 7) is 2.29. The second-order valence-corrected chi connectivity index (χ2v) is 4.07. The smallest absolute Gasteiger partial charge is 0.338 e. The van der Waals surface area contributed by atoms with Gasteiger partial charge in [-0.1, -0.05) is 0 Å². The van der Waals surface area contributed by atoms with Crippen LogP contribution in [0.3, 0.4) is 0 Å².